The van der Waals surface area contributed by atoms with Crippen LogP contribution in [0, 0.1) is 0 Å². The van der Waals surface area contributed by atoms with Crippen molar-refractivity contribution in [2.75, 3.05) is 28.3 Å². The van der Waals surface area contributed by atoms with E-state index in [9.17, 15) is 13.2 Å². The Morgan fingerprint density at radius 3 is 2.56 bits per heavy atom. The highest BCUT2D eigenvalue weighted by atomic mass is 32.2. The standard InChI is InChI=1S/C17H20N4O3S/c1-2-21(14-6-4-3-5-7-14)17(22)15-10-19-16(11-18-15)20-13-8-9-25(23,24)12-13/h3-7,10-11,13H,2,8-9,12H2,1H3,(H,19,20). The van der Waals surface area contributed by atoms with E-state index in [1.807, 2.05) is 37.3 Å². The molecule has 1 aromatic heterocycles. The van der Waals surface area contributed by atoms with Crippen LogP contribution in [0.15, 0.2) is 42.7 Å². The van der Waals surface area contributed by atoms with Gasteiger partial charge in [0.25, 0.3) is 5.91 Å². The Morgan fingerprint density at radius 1 is 1.24 bits per heavy atom. The van der Waals surface area contributed by atoms with Crippen molar-refractivity contribution < 1.29 is 13.2 Å². The number of amides is 1. The number of nitrogens with one attached hydrogen (secondary N) is 1. The minimum absolute atomic E-state index is 0.104. The van der Waals surface area contributed by atoms with E-state index < -0.39 is 9.84 Å². The van der Waals surface area contributed by atoms with Crippen LogP contribution in [0.3, 0.4) is 0 Å². The van der Waals surface area contributed by atoms with Gasteiger partial charge in [0.1, 0.15) is 11.5 Å². The van der Waals surface area contributed by atoms with E-state index >= 15 is 0 Å². The lowest BCUT2D eigenvalue weighted by Gasteiger charge is -2.20. The van der Waals surface area contributed by atoms with Gasteiger partial charge in [-0.15, -0.1) is 0 Å². The van der Waals surface area contributed by atoms with Crippen molar-refractivity contribution in [1.82, 2.24) is 9.97 Å². The number of anilines is 2. The van der Waals surface area contributed by atoms with Crippen LogP contribution in [-0.4, -0.2) is 48.4 Å². The fourth-order valence-corrected chi connectivity index (χ4v) is 4.49. The third kappa shape index (κ3) is 4.14. The second kappa shape index (κ2) is 7.18. The molecule has 25 heavy (non-hydrogen) atoms. The van der Waals surface area contributed by atoms with Crippen molar-refractivity contribution in [2.45, 2.75) is 19.4 Å². The van der Waals surface area contributed by atoms with Crippen LogP contribution in [0.5, 0.6) is 0 Å². The molecule has 1 aliphatic heterocycles. The molecule has 1 N–H and O–H groups in total. The molecule has 2 aromatic rings. The van der Waals surface area contributed by atoms with Gasteiger partial charge in [0, 0.05) is 18.3 Å². The summed E-state index contributed by atoms with van der Waals surface area (Å²) in [7, 11) is -2.95. The first-order chi connectivity index (χ1) is 12.0. The molecule has 0 spiro atoms. The lowest BCUT2D eigenvalue weighted by molar-refractivity contribution is 0.0983. The number of sulfone groups is 1. The van der Waals surface area contributed by atoms with Gasteiger partial charge in [-0.25, -0.2) is 18.4 Å². The summed E-state index contributed by atoms with van der Waals surface area (Å²) < 4.78 is 23.0. The number of hydrogen-bond donors (Lipinski definition) is 1. The zero-order valence-electron chi connectivity index (χ0n) is 13.9. The normalized spacial score (nSPS) is 18.7. The number of carbonyl (C=O) groups excluding carboxylic acids is 1. The Morgan fingerprint density at radius 2 is 2.00 bits per heavy atom. The average Bonchev–Trinajstić information content (AvgIpc) is 2.95. The van der Waals surface area contributed by atoms with Crippen LogP contribution in [0.1, 0.15) is 23.8 Å². The summed E-state index contributed by atoms with van der Waals surface area (Å²) in [6, 6.07) is 9.22. The van der Waals surface area contributed by atoms with E-state index in [4.69, 9.17) is 0 Å². The Hall–Kier alpha value is -2.48. The number of rotatable bonds is 5. The molecule has 7 nitrogen and oxygen atoms in total. The maximum absolute atomic E-state index is 12.6. The summed E-state index contributed by atoms with van der Waals surface area (Å²) in [6.45, 7) is 2.42. The molecule has 1 unspecified atom stereocenters. The molecule has 132 valence electrons. The van der Waals surface area contributed by atoms with Gasteiger partial charge >= 0.3 is 0 Å². The molecule has 0 aliphatic carbocycles. The fraction of sp³-hybridized carbons (Fsp3) is 0.353. The Labute approximate surface area is 147 Å². The Balaban J connectivity index is 1.70. The van der Waals surface area contributed by atoms with Crippen molar-refractivity contribution in [2.24, 2.45) is 0 Å². The van der Waals surface area contributed by atoms with Crippen molar-refractivity contribution in [3.05, 3.63) is 48.4 Å². The van der Waals surface area contributed by atoms with Crippen molar-refractivity contribution >= 4 is 27.2 Å². The largest absolute Gasteiger partial charge is 0.365 e. The molecule has 1 aromatic carbocycles. The molecule has 1 atom stereocenters. The smallest absolute Gasteiger partial charge is 0.278 e. The molecule has 0 bridgehead atoms. The van der Waals surface area contributed by atoms with Gasteiger partial charge in [-0.3, -0.25) is 4.79 Å². The van der Waals surface area contributed by atoms with Gasteiger partial charge in [-0.05, 0) is 25.5 Å². The van der Waals surface area contributed by atoms with Crippen molar-refractivity contribution in [3.8, 4) is 0 Å². The molecule has 0 radical (unpaired) electrons. The maximum Gasteiger partial charge on any atom is 0.278 e. The monoisotopic (exact) mass is 360 g/mol. The molecular formula is C17H20N4O3S. The van der Waals surface area contributed by atoms with Crippen LogP contribution < -0.4 is 10.2 Å². The van der Waals surface area contributed by atoms with Crippen LogP contribution in [0.2, 0.25) is 0 Å². The van der Waals surface area contributed by atoms with Crippen LogP contribution in [0.25, 0.3) is 0 Å². The zero-order valence-corrected chi connectivity index (χ0v) is 14.7. The molecule has 1 amide bonds. The summed E-state index contributed by atoms with van der Waals surface area (Å²) in [5.41, 5.74) is 1.05. The topological polar surface area (TPSA) is 92.3 Å². The summed E-state index contributed by atoms with van der Waals surface area (Å²) >= 11 is 0. The molecule has 3 rings (SSSR count). The number of benzene rings is 1. The minimum atomic E-state index is -2.95. The van der Waals surface area contributed by atoms with Crippen LogP contribution in [-0.2, 0) is 9.84 Å². The van der Waals surface area contributed by atoms with Gasteiger partial charge in [0.15, 0.2) is 9.84 Å². The minimum Gasteiger partial charge on any atom is -0.365 e. The highest BCUT2D eigenvalue weighted by Gasteiger charge is 2.28. The predicted octanol–water partition coefficient (Wildman–Crippen LogP) is 1.74. The number of nitrogens with zero attached hydrogens (tertiary/aromatic N) is 3. The molecule has 8 heteroatoms. The molecule has 1 saturated heterocycles. The molecule has 2 heterocycles. The molecule has 1 aliphatic rings. The molecular weight excluding hydrogens is 340 g/mol. The quantitative estimate of drug-likeness (QED) is 0.873. The first-order valence-corrected chi connectivity index (χ1v) is 9.96. The van der Waals surface area contributed by atoms with Gasteiger partial charge in [-0.2, -0.15) is 0 Å². The SMILES string of the molecule is CCN(C(=O)c1cnc(NC2CCS(=O)(=O)C2)cn1)c1ccccc1. The van der Waals surface area contributed by atoms with E-state index in [-0.39, 0.29) is 29.1 Å². The number of aromatic nitrogens is 2. The first kappa shape index (κ1) is 17.3. The van der Waals surface area contributed by atoms with Gasteiger partial charge in [-0.1, -0.05) is 18.2 Å². The van der Waals surface area contributed by atoms with Crippen molar-refractivity contribution in [1.29, 1.82) is 0 Å². The maximum atomic E-state index is 12.6. The van der Waals surface area contributed by atoms with Crippen molar-refractivity contribution in [3.63, 3.8) is 0 Å². The second-order valence-electron chi connectivity index (χ2n) is 5.92. The fourth-order valence-electron chi connectivity index (χ4n) is 2.82. The van der Waals surface area contributed by atoms with E-state index in [1.54, 1.807) is 4.90 Å². The summed E-state index contributed by atoms with van der Waals surface area (Å²) in [4.78, 5) is 22.7. The van der Waals surface area contributed by atoms with Gasteiger partial charge in [0.2, 0.25) is 0 Å². The lowest BCUT2D eigenvalue weighted by Crippen LogP contribution is -2.31. The molecule has 0 saturated carbocycles. The van der Waals surface area contributed by atoms with E-state index in [1.165, 1.54) is 12.4 Å². The number of carbonyl (C=O) groups is 1. The lowest BCUT2D eigenvalue weighted by atomic mass is 10.2. The summed E-state index contributed by atoms with van der Waals surface area (Å²) in [6.07, 6.45) is 3.44. The highest BCUT2D eigenvalue weighted by molar-refractivity contribution is 7.91. The third-order valence-corrected chi connectivity index (χ3v) is 5.85. The second-order valence-corrected chi connectivity index (χ2v) is 8.14. The van der Waals surface area contributed by atoms with E-state index in [0.29, 0.717) is 18.8 Å². The van der Waals surface area contributed by atoms with E-state index in [2.05, 4.69) is 15.3 Å². The Kier molecular flexibility index (Phi) is 4.98. The zero-order chi connectivity index (χ0) is 17.9. The number of para-hydroxylation sites is 1. The van der Waals surface area contributed by atoms with E-state index in [0.717, 1.165) is 5.69 Å². The predicted molar refractivity (Wildman–Crippen MR) is 96.5 cm³/mol. The highest BCUT2D eigenvalue weighted by Crippen LogP contribution is 2.17. The van der Waals surface area contributed by atoms with Gasteiger partial charge in [0.05, 0.1) is 23.9 Å². The first-order valence-electron chi connectivity index (χ1n) is 8.14. The third-order valence-electron chi connectivity index (χ3n) is 4.08. The van der Waals surface area contributed by atoms with Crippen LogP contribution in [0.4, 0.5) is 11.5 Å². The summed E-state index contributed by atoms with van der Waals surface area (Å²) in [5, 5.41) is 3.06. The molecule has 1 fully saturated rings. The summed E-state index contributed by atoms with van der Waals surface area (Å²) in [5.74, 6) is 0.544. The van der Waals surface area contributed by atoms with Gasteiger partial charge < -0.3 is 10.2 Å². The number of hydrogen-bond acceptors (Lipinski definition) is 6. The van der Waals surface area contributed by atoms with Crippen LogP contribution >= 0.6 is 0 Å². The Bertz CT molecular complexity index is 838. The average molecular weight is 360 g/mol.